The first kappa shape index (κ1) is 24.2. The van der Waals surface area contributed by atoms with Crippen molar-refractivity contribution in [1.82, 2.24) is 5.32 Å². The number of anilines is 1. The largest absolute Gasteiger partial charge is 0.493 e. The van der Waals surface area contributed by atoms with E-state index in [0.717, 1.165) is 22.0 Å². The fraction of sp³-hybridized carbons (Fsp3) is 0.292. The number of benzene rings is 2. The topological polar surface area (TPSA) is 67.9 Å². The number of ether oxygens (including phenoxy) is 2. The Kier molecular flexibility index (Phi) is 7.89. The lowest BCUT2D eigenvalue weighted by Gasteiger charge is -2.29. The molecule has 1 aliphatic rings. The molecular weight excluding hydrogens is 539 g/mol. The lowest BCUT2D eigenvalue weighted by molar-refractivity contribution is -0.122. The number of halogens is 1. The van der Waals surface area contributed by atoms with Crippen LogP contribution in [0, 0.1) is 3.57 Å². The minimum atomic E-state index is -0.532. The van der Waals surface area contributed by atoms with Crippen LogP contribution < -0.4 is 19.7 Å². The predicted molar refractivity (Wildman–Crippen MR) is 138 cm³/mol. The Balaban J connectivity index is 1.99. The molecule has 3 rings (SSSR count). The fourth-order valence-corrected chi connectivity index (χ4v) is 4.19. The molecule has 2 amide bonds. The molecule has 1 N–H and O–H groups in total. The molecule has 2 aromatic carbocycles. The summed E-state index contributed by atoms with van der Waals surface area (Å²) in [6.07, 6.45) is 3.32. The fourth-order valence-electron chi connectivity index (χ4n) is 3.16. The van der Waals surface area contributed by atoms with Crippen LogP contribution in [0.25, 0.3) is 6.08 Å². The van der Waals surface area contributed by atoms with E-state index in [0.29, 0.717) is 22.7 Å². The van der Waals surface area contributed by atoms with Crippen molar-refractivity contribution in [2.45, 2.75) is 39.7 Å². The maximum atomic E-state index is 13.2. The molecule has 1 fully saturated rings. The van der Waals surface area contributed by atoms with E-state index in [1.54, 1.807) is 19.3 Å². The van der Waals surface area contributed by atoms with E-state index in [1.807, 2.05) is 44.2 Å². The predicted octanol–water partition coefficient (Wildman–Crippen LogP) is 4.87. The van der Waals surface area contributed by atoms with Gasteiger partial charge in [0.15, 0.2) is 16.6 Å². The number of carbonyl (C=O) groups excluding carboxylic acids is 2. The van der Waals surface area contributed by atoms with E-state index in [4.69, 9.17) is 21.7 Å². The van der Waals surface area contributed by atoms with Gasteiger partial charge in [0, 0.05) is 0 Å². The molecule has 0 aliphatic carbocycles. The number of nitrogens with zero attached hydrogens (tertiary/aromatic N) is 1. The summed E-state index contributed by atoms with van der Waals surface area (Å²) in [5.74, 6) is 0.172. The van der Waals surface area contributed by atoms with Gasteiger partial charge in [-0.05, 0) is 96.0 Å². The van der Waals surface area contributed by atoms with Crippen LogP contribution in [0.2, 0.25) is 0 Å². The highest BCUT2D eigenvalue weighted by molar-refractivity contribution is 14.1. The van der Waals surface area contributed by atoms with Gasteiger partial charge >= 0.3 is 0 Å². The molecule has 8 heteroatoms. The monoisotopic (exact) mass is 564 g/mol. The summed E-state index contributed by atoms with van der Waals surface area (Å²) in [4.78, 5) is 27.2. The second-order valence-electron chi connectivity index (χ2n) is 7.35. The second kappa shape index (κ2) is 10.4. The van der Waals surface area contributed by atoms with Crippen LogP contribution in [0.15, 0.2) is 42.0 Å². The minimum absolute atomic E-state index is 0.00776. The molecular formula is C24H25IN2O4S. The molecule has 1 aliphatic heterocycles. The molecule has 1 heterocycles. The van der Waals surface area contributed by atoms with E-state index in [2.05, 4.69) is 34.8 Å². The highest BCUT2D eigenvalue weighted by atomic mass is 127. The van der Waals surface area contributed by atoms with Crippen LogP contribution in [0.3, 0.4) is 0 Å². The Labute approximate surface area is 207 Å². The second-order valence-corrected chi connectivity index (χ2v) is 8.90. The molecule has 0 radical (unpaired) electrons. The smallest absolute Gasteiger partial charge is 0.270 e. The van der Waals surface area contributed by atoms with Gasteiger partial charge in [-0.2, -0.15) is 0 Å². The summed E-state index contributed by atoms with van der Waals surface area (Å²) in [5.41, 5.74) is 2.39. The van der Waals surface area contributed by atoms with Crippen LogP contribution in [-0.2, 0) is 16.0 Å². The molecule has 0 saturated carbocycles. The van der Waals surface area contributed by atoms with Crippen molar-refractivity contribution in [3.05, 3.63) is 56.7 Å². The van der Waals surface area contributed by atoms with E-state index in [-0.39, 0.29) is 16.8 Å². The Morgan fingerprint density at radius 3 is 2.47 bits per heavy atom. The van der Waals surface area contributed by atoms with Crippen molar-refractivity contribution in [3.63, 3.8) is 0 Å². The average molecular weight is 564 g/mol. The highest BCUT2D eigenvalue weighted by Gasteiger charge is 2.34. The van der Waals surface area contributed by atoms with Crippen LogP contribution in [0.1, 0.15) is 38.3 Å². The number of amides is 2. The number of nitrogens with one attached hydrogen (secondary N) is 1. The van der Waals surface area contributed by atoms with E-state index >= 15 is 0 Å². The first-order valence-electron chi connectivity index (χ1n) is 10.3. The molecule has 0 aromatic heterocycles. The van der Waals surface area contributed by atoms with Crippen molar-refractivity contribution in [2.24, 2.45) is 0 Å². The number of methoxy groups -OCH3 is 1. The zero-order chi connectivity index (χ0) is 23.4. The Morgan fingerprint density at radius 2 is 1.88 bits per heavy atom. The number of hydrogen-bond acceptors (Lipinski definition) is 5. The number of thiocarbonyl (C=S) groups is 1. The van der Waals surface area contributed by atoms with Crippen LogP contribution in [-0.4, -0.2) is 30.1 Å². The Morgan fingerprint density at radius 1 is 1.19 bits per heavy atom. The van der Waals surface area contributed by atoms with Gasteiger partial charge < -0.3 is 9.47 Å². The van der Waals surface area contributed by atoms with Crippen molar-refractivity contribution >= 4 is 63.5 Å². The first-order chi connectivity index (χ1) is 15.3. The molecule has 0 spiro atoms. The summed E-state index contributed by atoms with van der Waals surface area (Å²) in [5, 5.41) is 2.68. The van der Waals surface area contributed by atoms with Crippen molar-refractivity contribution < 1.29 is 19.1 Å². The number of carbonyl (C=O) groups is 2. The van der Waals surface area contributed by atoms with Gasteiger partial charge in [0.1, 0.15) is 5.57 Å². The van der Waals surface area contributed by atoms with Gasteiger partial charge in [-0.25, -0.2) is 0 Å². The summed E-state index contributed by atoms with van der Waals surface area (Å²) >= 11 is 7.44. The zero-order valence-electron chi connectivity index (χ0n) is 18.4. The third-order valence-corrected chi connectivity index (χ3v) is 6.25. The van der Waals surface area contributed by atoms with Crippen molar-refractivity contribution in [3.8, 4) is 11.5 Å². The number of rotatable bonds is 7. The van der Waals surface area contributed by atoms with E-state index < -0.39 is 11.8 Å². The van der Waals surface area contributed by atoms with Gasteiger partial charge in [-0.1, -0.05) is 26.0 Å². The van der Waals surface area contributed by atoms with Crippen LogP contribution in [0.4, 0.5) is 5.69 Å². The molecule has 6 nitrogen and oxygen atoms in total. The van der Waals surface area contributed by atoms with Crippen LogP contribution >= 0.6 is 34.8 Å². The third-order valence-electron chi connectivity index (χ3n) is 5.16. The lowest BCUT2D eigenvalue weighted by Crippen LogP contribution is -2.54. The summed E-state index contributed by atoms with van der Waals surface area (Å²) < 4.78 is 12.3. The van der Waals surface area contributed by atoms with E-state index in [1.165, 1.54) is 4.90 Å². The number of hydrogen-bond donors (Lipinski definition) is 1. The molecule has 2 aromatic rings. The molecule has 0 bridgehead atoms. The maximum Gasteiger partial charge on any atom is 0.270 e. The van der Waals surface area contributed by atoms with E-state index in [9.17, 15) is 9.59 Å². The van der Waals surface area contributed by atoms with Gasteiger partial charge in [0.2, 0.25) is 0 Å². The maximum absolute atomic E-state index is 13.2. The SMILES string of the molecule is CCc1ccc(N2C(=O)/C(=C/c3cc(I)c(O[C@H](C)CC)c(OC)c3)C(=O)NC2=S)cc1. The number of aryl methyl sites for hydroxylation is 1. The quantitative estimate of drug-likeness (QED) is 0.225. The molecule has 168 valence electrons. The van der Waals surface area contributed by atoms with Crippen molar-refractivity contribution in [2.75, 3.05) is 12.0 Å². The average Bonchev–Trinajstić information content (AvgIpc) is 2.78. The molecule has 1 saturated heterocycles. The minimum Gasteiger partial charge on any atom is -0.493 e. The molecule has 0 unspecified atom stereocenters. The first-order valence-corrected chi connectivity index (χ1v) is 11.8. The summed E-state index contributed by atoms with van der Waals surface area (Å²) in [6.45, 7) is 6.09. The lowest BCUT2D eigenvalue weighted by atomic mass is 10.1. The van der Waals surface area contributed by atoms with Crippen molar-refractivity contribution in [1.29, 1.82) is 0 Å². The van der Waals surface area contributed by atoms with Crippen LogP contribution in [0.5, 0.6) is 11.5 Å². The highest BCUT2D eigenvalue weighted by Crippen LogP contribution is 2.36. The zero-order valence-corrected chi connectivity index (χ0v) is 21.4. The summed E-state index contributed by atoms with van der Waals surface area (Å²) in [6, 6.07) is 11.1. The van der Waals surface area contributed by atoms with Gasteiger partial charge in [-0.3, -0.25) is 19.8 Å². The van der Waals surface area contributed by atoms with Gasteiger partial charge in [0.05, 0.1) is 22.5 Å². The Bertz CT molecular complexity index is 1080. The normalized spacial score (nSPS) is 16.2. The summed E-state index contributed by atoms with van der Waals surface area (Å²) in [7, 11) is 1.56. The molecule has 32 heavy (non-hydrogen) atoms. The van der Waals surface area contributed by atoms with Gasteiger partial charge in [0.25, 0.3) is 11.8 Å². The van der Waals surface area contributed by atoms with Gasteiger partial charge in [-0.15, -0.1) is 0 Å². The standard InChI is InChI=1S/C24H25IN2O4S/c1-5-14(3)31-21-19(25)12-16(13-20(21)30-4)11-18-22(28)26-24(32)27(23(18)29)17-9-7-15(6-2)8-10-17/h7-14H,5-6H2,1-4H3,(H,26,28,32)/b18-11+/t14-/m1/s1. The Hall–Kier alpha value is -2.46. The third kappa shape index (κ3) is 5.12. The molecule has 1 atom stereocenters.